The van der Waals surface area contributed by atoms with Gasteiger partial charge in [-0.25, -0.2) is 0 Å². The lowest BCUT2D eigenvalue weighted by Crippen LogP contribution is -2.18. The van der Waals surface area contributed by atoms with Gasteiger partial charge in [-0.3, -0.25) is 0 Å². The van der Waals surface area contributed by atoms with E-state index < -0.39 is 0 Å². The van der Waals surface area contributed by atoms with Gasteiger partial charge in [-0.05, 0) is 59.7 Å². The number of rotatable bonds is 2. The largest absolute Gasteiger partial charge is 0.310 e. The van der Waals surface area contributed by atoms with Gasteiger partial charge in [0.05, 0.1) is 5.69 Å². The molecule has 4 heteroatoms. The van der Waals surface area contributed by atoms with E-state index in [4.69, 9.17) is 0 Å². The molecule has 0 unspecified atom stereocenters. The number of hydrogen-bond donors (Lipinski definition) is 0. The first-order chi connectivity index (χ1) is 14.4. The maximum absolute atomic E-state index is 4.59. The molecule has 4 aromatic carbocycles. The number of fused-ring (bicyclic) bond motifs is 3. The predicted octanol–water partition coefficient (Wildman–Crippen LogP) is 5.79. The van der Waals surface area contributed by atoms with Crippen molar-refractivity contribution in [1.82, 2.24) is 15.0 Å². The first-order valence-corrected chi connectivity index (χ1v) is 9.75. The van der Waals surface area contributed by atoms with Crippen LogP contribution in [0.1, 0.15) is 11.1 Å². The summed E-state index contributed by atoms with van der Waals surface area (Å²) in [6, 6.07) is 33.6. The van der Waals surface area contributed by atoms with Crippen molar-refractivity contribution in [3.05, 3.63) is 108 Å². The lowest BCUT2D eigenvalue weighted by molar-refractivity contribution is 0.765. The summed E-state index contributed by atoms with van der Waals surface area (Å²) in [5.41, 5.74) is 9.04. The second-order valence-electron chi connectivity index (χ2n) is 7.26. The Bertz CT molecular complexity index is 1260. The molecule has 0 radical (unpaired) electrons. The Kier molecular flexibility index (Phi) is 3.50. The smallest absolute Gasteiger partial charge is 0.113 e. The van der Waals surface area contributed by atoms with Crippen LogP contribution in [0.2, 0.25) is 0 Å². The molecule has 29 heavy (non-hydrogen) atoms. The molecule has 5 aromatic rings. The topological polar surface area (TPSA) is 34.0 Å². The first-order valence-electron chi connectivity index (χ1n) is 9.75. The first kappa shape index (κ1) is 16.1. The second-order valence-corrected chi connectivity index (χ2v) is 7.26. The molecule has 1 aromatic heterocycles. The number of nitrogens with zero attached hydrogens (tertiary/aromatic N) is 4. The molecule has 0 saturated heterocycles. The SMILES string of the molecule is c1ccc2c(c1)Cc1ccccc1N2c1ccc(-n2nc3ccccc3n2)cc1. The van der Waals surface area contributed by atoms with E-state index in [1.807, 2.05) is 24.3 Å². The van der Waals surface area contributed by atoms with Crippen molar-refractivity contribution in [2.24, 2.45) is 0 Å². The average molecular weight is 374 g/mol. The molecule has 1 aliphatic heterocycles. The molecule has 4 nitrogen and oxygen atoms in total. The maximum Gasteiger partial charge on any atom is 0.113 e. The summed E-state index contributed by atoms with van der Waals surface area (Å²) in [6.07, 6.45) is 0.963. The number of hydrogen-bond acceptors (Lipinski definition) is 3. The van der Waals surface area contributed by atoms with Gasteiger partial charge in [-0.2, -0.15) is 4.80 Å². The third kappa shape index (κ3) is 2.61. The zero-order valence-corrected chi connectivity index (χ0v) is 15.7. The van der Waals surface area contributed by atoms with Crippen LogP contribution in [0.3, 0.4) is 0 Å². The molecule has 0 saturated carbocycles. The fourth-order valence-electron chi connectivity index (χ4n) is 4.08. The minimum atomic E-state index is 0.899. The zero-order chi connectivity index (χ0) is 19.2. The highest BCUT2D eigenvalue weighted by Gasteiger charge is 2.23. The molecule has 138 valence electrons. The van der Waals surface area contributed by atoms with E-state index in [1.54, 1.807) is 4.80 Å². The van der Waals surface area contributed by atoms with Gasteiger partial charge in [0, 0.05) is 23.5 Å². The van der Waals surface area contributed by atoms with Crippen molar-refractivity contribution in [2.75, 3.05) is 4.90 Å². The third-order valence-corrected chi connectivity index (χ3v) is 5.47. The van der Waals surface area contributed by atoms with Crippen molar-refractivity contribution in [2.45, 2.75) is 6.42 Å². The molecule has 0 amide bonds. The lowest BCUT2D eigenvalue weighted by atomic mass is 9.95. The summed E-state index contributed by atoms with van der Waals surface area (Å²) in [5.74, 6) is 0. The van der Waals surface area contributed by atoms with Crippen molar-refractivity contribution in [3.63, 3.8) is 0 Å². The Morgan fingerprint density at radius 2 is 1.00 bits per heavy atom. The monoisotopic (exact) mass is 374 g/mol. The number of para-hydroxylation sites is 2. The normalized spacial score (nSPS) is 12.6. The van der Waals surface area contributed by atoms with Gasteiger partial charge in [-0.1, -0.05) is 48.5 Å². The molecule has 0 N–H and O–H groups in total. The van der Waals surface area contributed by atoms with Crippen molar-refractivity contribution in [3.8, 4) is 5.69 Å². The summed E-state index contributed by atoms with van der Waals surface area (Å²) in [4.78, 5) is 4.04. The summed E-state index contributed by atoms with van der Waals surface area (Å²) in [6.45, 7) is 0. The van der Waals surface area contributed by atoms with Crippen LogP contribution in [0.4, 0.5) is 17.1 Å². The standard InChI is InChI=1S/C25H18N4/c1-5-11-24-18(7-1)17-19-8-2-6-12-25(19)28(24)20-13-15-21(16-14-20)29-26-22-9-3-4-10-23(22)27-29/h1-16H,17H2. The van der Waals surface area contributed by atoms with Crippen molar-refractivity contribution < 1.29 is 0 Å². The number of benzene rings is 4. The van der Waals surface area contributed by atoms with Gasteiger partial charge in [0.15, 0.2) is 0 Å². The van der Waals surface area contributed by atoms with Crippen LogP contribution >= 0.6 is 0 Å². The fraction of sp³-hybridized carbons (Fsp3) is 0.0400. The Morgan fingerprint density at radius 1 is 0.517 bits per heavy atom. The van der Waals surface area contributed by atoms with Crippen LogP contribution < -0.4 is 4.90 Å². The van der Waals surface area contributed by atoms with Gasteiger partial charge >= 0.3 is 0 Å². The van der Waals surface area contributed by atoms with Gasteiger partial charge < -0.3 is 4.90 Å². The second kappa shape index (κ2) is 6.31. The molecule has 0 bridgehead atoms. The molecule has 1 aliphatic rings. The van der Waals surface area contributed by atoms with Gasteiger partial charge in [0.1, 0.15) is 11.0 Å². The molecular formula is C25H18N4. The van der Waals surface area contributed by atoms with Crippen molar-refractivity contribution in [1.29, 1.82) is 0 Å². The van der Waals surface area contributed by atoms with Gasteiger partial charge in [0.2, 0.25) is 0 Å². The molecule has 0 spiro atoms. The Labute approximate surface area is 168 Å². The van der Waals surface area contributed by atoms with Crippen LogP contribution in [-0.2, 0) is 6.42 Å². The predicted molar refractivity (Wildman–Crippen MR) is 116 cm³/mol. The van der Waals surface area contributed by atoms with Gasteiger partial charge in [-0.15, -0.1) is 10.2 Å². The van der Waals surface area contributed by atoms with E-state index in [9.17, 15) is 0 Å². The molecule has 0 fully saturated rings. The minimum Gasteiger partial charge on any atom is -0.310 e. The highest BCUT2D eigenvalue weighted by molar-refractivity contribution is 5.83. The molecular weight excluding hydrogens is 356 g/mol. The average Bonchev–Trinajstić information content (AvgIpc) is 3.22. The maximum atomic E-state index is 4.59. The van der Waals surface area contributed by atoms with E-state index in [0.29, 0.717) is 0 Å². The Balaban J connectivity index is 1.44. The highest BCUT2D eigenvalue weighted by atomic mass is 15.5. The summed E-state index contributed by atoms with van der Waals surface area (Å²) >= 11 is 0. The quantitative estimate of drug-likeness (QED) is 0.384. The van der Waals surface area contributed by atoms with E-state index in [2.05, 4.69) is 87.9 Å². The summed E-state index contributed by atoms with van der Waals surface area (Å²) < 4.78 is 0. The highest BCUT2D eigenvalue weighted by Crippen LogP contribution is 2.43. The summed E-state index contributed by atoms with van der Waals surface area (Å²) in [5, 5.41) is 9.18. The van der Waals surface area contributed by atoms with Gasteiger partial charge in [0.25, 0.3) is 0 Å². The molecule has 2 heterocycles. The van der Waals surface area contributed by atoms with E-state index in [-0.39, 0.29) is 0 Å². The van der Waals surface area contributed by atoms with E-state index >= 15 is 0 Å². The fourth-order valence-corrected chi connectivity index (χ4v) is 4.08. The van der Waals surface area contributed by atoms with Crippen LogP contribution in [-0.4, -0.2) is 15.0 Å². The lowest BCUT2D eigenvalue weighted by Gasteiger charge is -2.33. The number of anilines is 3. The van der Waals surface area contributed by atoms with Crippen LogP contribution in [0.5, 0.6) is 0 Å². The third-order valence-electron chi connectivity index (χ3n) is 5.47. The summed E-state index contributed by atoms with van der Waals surface area (Å²) in [7, 11) is 0. The zero-order valence-electron chi connectivity index (χ0n) is 15.7. The van der Waals surface area contributed by atoms with Crippen LogP contribution in [0.15, 0.2) is 97.1 Å². The molecule has 0 aliphatic carbocycles. The van der Waals surface area contributed by atoms with E-state index in [1.165, 1.54) is 22.5 Å². The van der Waals surface area contributed by atoms with Crippen LogP contribution in [0.25, 0.3) is 16.7 Å². The van der Waals surface area contributed by atoms with E-state index in [0.717, 1.165) is 28.8 Å². The molecule has 6 rings (SSSR count). The number of aromatic nitrogens is 3. The Hall–Kier alpha value is -3.92. The molecule has 0 atom stereocenters. The van der Waals surface area contributed by atoms with Crippen LogP contribution in [0, 0.1) is 0 Å². The van der Waals surface area contributed by atoms with Crippen molar-refractivity contribution >= 4 is 28.1 Å². The minimum absolute atomic E-state index is 0.899. The Morgan fingerprint density at radius 3 is 1.59 bits per heavy atom.